The van der Waals surface area contributed by atoms with E-state index >= 15 is 0 Å². The Labute approximate surface area is 129 Å². The first kappa shape index (κ1) is 19.8. The van der Waals surface area contributed by atoms with Gasteiger partial charge in [0.15, 0.2) is 0 Å². The quantitative estimate of drug-likeness (QED) is 0.387. The summed E-state index contributed by atoms with van der Waals surface area (Å²) in [5, 5.41) is -1.75. The van der Waals surface area contributed by atoms with Gasteiger partial charge in [-0.25, -0.2) is 0 Å². The van der Waals surface area contributed by atoms with Crippen molar-refractivity contribution in [2.75, 3.05) is 24.6 Å². The molecule has 0 aromatic carbocycles. The molecular weight excluding hydrogens is 319 g/mol. The third kappa shape index (κ3) is 7.99. The fourth-order valence-electron chi connectivity index (χ4n) is 2.80. The van der Waals surface area contributed by atoms with Crippen molar-refractivity contribution >= 4 is 20.8 Å². The van der Waals surface area contributed by atoms with Crippen LogP contribution in [0.4, 0.5) is 0 Å². The number of hydrogen-bond acceptors (Lipinski definition) is 2. The fraction of sp³-hybridized carbons (Fsp3) is 1.00. The second-order valence-corrected chi connectivity index (χ2v) is 17.7. The van der Waals surface area contributed by atoms with Gasteiger partial charge in [0.05, 0.1) is 0 Å². The van der Waals surface area contributed by atoms with Crippen LogP contribution in [-0.4, -0.2) is 30.8 Å². The predicted octanol–water partition coefficient (Wildman–Crippen LogP) is 4.88. The summed E-state index contributed by atoms with van der Waals surface area (Å²) in [6, 6.07) is 0. The molecule has 0 bridgehead atoms. The van der Waals surface area contributed by atoms with Gasteiger partial charge in [-0.3, -0.25) is 0 Å². The van der Waals surface area contributed by atoms with E-state index in [4.69, 9.17) is 11.5 Å². The maximum absolute atomic E-state index is 5.82. The SMILES string of the molecule is CCCCP(Br)(CCCC)(CCCC)CCC(N)N. The number of nitrogens with two attached hydrogens (primary N) is 2. The average molecular weight is 355 g/mol. The van der Waals surface area contributed by atoms with Gasteiger partial charge in [-0.1, -0.05) is 0 Å². The Hall–Kier alpha value is 0.830. The molecule has 4 N–H and O–H groups in total. The van der Waals surface area contributed by atoms with E-state index in [-0.39, 0.29) is 6.17 Å². The summed E-state index contributed by atoms with van der Waals surface area (Å²) in [5.74, 6) is 0. The minimum atomic E-state index is -1.75. The van der Waals surface area contributed by atoms with Crippen LogP contribution in [0, 0.1) is 0 Å². The van der Waals surface area contributed by atoms with Crippen LogP contribution in [0.1, 0.15) is 65.7 Å². The zero-order valence-electron chi connectivity index (χ0n) is 13.3. The summed E-state index contributed by atoms with van der Waals surface area (Å²) in [6.45, 7) is 6.88. The summed E-state index contributed by atoms with van der Waals surface area (Å²) in [7, 11) is 0. The van der Waals surface area contributed by atoms with E-state index in [0.717, 1.165) is 6.42 Å². The molecule has 0 heterocycles. The van der Waals surface area contributed by atoms with Crippen molar-refractivity contribution in [3.63, 3.8) is 0 Å². The van der Waals surface area contributed by atoms with Gasteiger partial charge in [0.2, 0.25) is 0 Å². The second-order valence-electron chi connectivity index (χ2n) is 6.23. The molecule has 118 valence electrons. The van der Waals surface area contributed by atoms with Gasteiger partial charge in [0.1, 0.15) is 0 Å². The molecular formula is C15H36BrN2P. The summed E-state index contributed by atoms with van der Waals surface area (Å²) < 4.78 is 0. The number of rotatable bonds is 12. The van der Waals surface area contributed by atoms with Crippen molar-refractivity contribution in [1.82, 2.24) is 0 Å². The van der Waals surface area contributed by atoms with Crippen LogP contribution in [-0.2, 0) is 0 Å². The van der Waals surface area contributed by atoms with Crippen molar-refractivity contribution < 1.29 is 0 Å². The van der Waals surface area contributed by atoms with E-state index in [1.165, 1.54) is 63.2 Å². The van der Waals surface area contributed by atoms with Gasteiger partial charge in [0.25, 0.3) is 0 Å². The zero-order chi connectivity index (χ0) is 14.8. The van der Waals surface area contributed by atoms with E-state index in [2.05, 4.69) is 36.3 Å². The summed E-state index contributed by atoms with van der Waals surface area (Å²) >= 11 is 4.34. The first-order chi connectivity index (χ1) is 8.90. The van der Waals surface area contributed by atoms with E-state index in [9.17, 15) is 0 Å². The molecule has 0 unspecified atom stereocenters. The molecule has 0 atom stereocenters. The van der Waals surface area contributed by atoms with E-state index in [1.54, 1.807) is 0 Å². The predicted molar refractivity (Wildman–Crippen MR) is 96.8 cm³/mol. The third-order valence-corrected chi connectivity index (χ3v) is 14.2. The Kier molecular flexibility index (Phi) is 10.1. The molecule has 2 nitrogen and oxygen atoms in total. The van der Waals surface area contributed by atoms with E-state index < -0.39 is 5.31 Å². The first-order valence-corrected chi connectivity index (χ1v) is 13.1. The van der Waals surface area contributed by atoms with Gasteiger partial charge >= 0.3 is 129 Å². The number of halogens is 1. The molecule has 0 amide bonds. The summed E-state index contributed by atoms with van der Waals surface area (Å²) in [6.07, 6.45) is 14.1. The standard InChI is InChI=1S/C15H36BrN2P/c1-4-7-11-19(16,12-8-5-2,13-9-6-3)14-10-15(17)18/h15H,4-14,17-18H2,1-3H3. The average Bonchev–Trinajstić information content (AvgIpc) is 2.40. The molecule has 19 heavy (non-hydrogen) atoms. The van der Waals surface area contributed by atoms with Crippen LogP contribution in [0.3, 0.4) is 0 Å². The first-order valence-electron chi connectivity index (χ1n) is 8.13. The molecule has 0 aromatic heterocycles. The Bertz CT molecular complexity index is 210. The maximum atomic E-state index is 5.82. The Morgan fingerprint density at radius 2 is 1.16 bits per heavy atom. The summed E-state index contributed by atoms with van der Waals surface area (Å²) in [5.41, 5.74) is 11.6. The topological polar surface area (TPSA) is 52.0 Å². The van der Waals surface area contributed by atoms with E-state index in [0.29, 0.717) is 0 Å². The normalized spacial score (nSPS) is 14.6. The van der Waals surface area contributed by atoms with Crippen molar-refractivity contribution in [3.8, 4) is 0 Å². The molecule has 4 heteroatoms. The van der Waals surface area contributed by atoms with Crippen LogP contribution in [0.2, 0.25) is 0 Å². The van der Waals surface area contributed by atoms with Crippen LogP contribution < -0.4 is 11.5 Å². The molecule has 0 spiro atoms. The van der Waals surface area contributed by atoms with Gasteiger partial charge < -0.3 is 0 Å². The van der Waals surface area contributed by atoms with Crippen molar-refractivity contribution in [2.24, 2.45) is 11.5 Å². The number of unbranched alkanes of at least 4 members (excludes halogenated alkanes) is 3. The monoisotopic (exact) mass is 354 g/mol. The third-order valence-electron chi connectivity index (χ3n) is 4.23. The van der Waals surface area contributed by atoms with Gasteiger partial charge in [-0.05, 0) is 0 Å². The van der Waals surface area contributed by atoms with Gasteiger partial charge in [0, 0.05) is 0 Å². The summed E-state index contributed by atoms with van der Waals surface area (Å²) in [4.78, 5) is 0. The molecule has 0 saturated heterocycles. The Balaban J connectivity index is 4.92. The zero-order valence-corrected chi connectivity index (χ0v) is 15.8. The number of hydrogen-bond donors (Lipinski definition) is 2. The fourth-order valence-corrected chi connectivity index (χ4v) is 11.3. The molecule has 0 rings (SSSR count). The van der Waals surface area contributed by atoms with Crippen LogP contribution in [0.15, 0.2) is 0 Å². The second kappa shape index (κ2) is 9.71. The minimum absolute atomic E-state index is 0.149. The molecule has 0 saturated carbocycles. The van der Waals surface area contributed by atoms with Gasteiger partial charge in [-0.15, -0.1) is 0 Å². The van der Waals surface area contributed by atoms with Gasteiger partial charge in [-0.2, -0.15) is 0 Å². The van der Waals surface area contributed by atoms with Crippen molar-refractivity contribution in [3.05, 3.63) is 0 Å². The molecule has 0 aliphatic rings. The molecule has 0 fully saturated rings. The van der Waals surface area contributed by atoms with Crippen LogP contribution in [0.25, 0.3) is 0 Å². The molecule has 0 aliphatic carbocycles. The Morgan fingerprint density at radius 1 is 0.789 bits per heavy atom. The molecule has 0 aromatic rings. The van der Waals surface area contributed by atoms with Crippen LogP contribution >= 0.6 is 20.8 Å². The van der Waals surface area contributed by atoms with Crippen LogP contribution in [0.5, 0.6) is 0 Å². The van der Waals surface area contributed by atoms with Crippen molar-refractivity contribution in [1.29, 1.82) is 0 Å². The molecule has 0 radical (unpaired) electrons. The Morgan fingerprint density at radius 3 is 1.42 bits per heavy atom. The van der Waals surface area contributed by atoms with Crippen molar-refractivity contribution in [2.45, 2.75) is 71.9 Å². The van der Waals surface area contributed by atoms with E-state index in [1.807, 2.05) is 0 Å². The molecule has 0 aliphatic heterocycles.